The van der Waals surface area contributed by atoms with Crippen molar-refractivity contribution in [2.45, 2.75) is 26.7 Å². The second-order valence-corrected chi connectivity index (χ2v) is 4.91. The van der Waals surface area contributed by atoms with Crippen molar-refractivity contribution in [3.05, 3.63) is 45.5 Å². The number of hydrogen-bond acceptors (Lipinski definition) is 6. The van der Waals surface area contributed by atoms with Crippen molar-refractivity contribution >= 4 is 17.2 Å². The zero-order valence-electron chi connectivity index (χ0n) is 12.4. The van der Waals surface area contributed by atoms with Gasteiger partial charge in [-0.2, -0.15) is 5.10 Å². The van der Waals surface area contributed by atoms with Crippen LogP contribution in [0.5, 0.6) is 0 Å². The Labute approximate surface area is 127 Å². The summed E-state index contributed by atoms with van der Waals surface area (Å²) < 4.78 is 0. The number of aromatic amines is 1. The Bertz CT molecular complexity index is 696. The molecule has 1 heterocycles. The number of anilines is 1. The first kappa shape index (κ1) is 15.6. The van der Waals surface area contributed by atoms with Crippen molar-refractivity contribution in [3.63, 3.8) is 0 Å². The Morgan fingerprint density at radius 2 is 2.23 bits per heavy atom. The van der Waals surface area contributed by atoms with E-state index in [-0.39, 0.29) is 11.5 Å². The highest BCUT2D eigenvalue weighted by atomic mass is 16.6. The highest BCUT2D eigenvalue weighted by Gasteiger charge is 2.15. The second-order valence-electron chi connectivity index (χ2n) is 4.91. The number of benzene rings is 1. The monoisotopic (exact) mass is 303 g/mol. The van der Waals surface area contributed by atoms with Crippen molar-refractivity contribution < 1.29 is 9.72 Å². The number of Topliss-reactive ketones (excluding diaryl/α,β-unsaturated/α-hetero) is 1. The lowest BCUT2D eigenvalue weighted by Gasteiger charge is -2.07. The molecule has 2 aromatic rings. The highest BCUT2D eigenvalue weighted by Crippen LogP contribution is 2.25. The SMILES string of the molecule is CC(=O)c1ccc(NCCCc2n[nH]c(C)n2)c([N+](=O)[O-])c1. The molecule has 0 atom stereocenters. The van der Waals surface area contributed by atoms with Gasteiger partial charge in [-0.15, -0.1) is 0 Å². The maximum Gasteiger partial charge on any atom is 0.293 e. The molecular weight excluding hydrogens is 286 g/mol. The number of nitrogens with zero attached hydrogens (tertiary/aromatic N) is 3. The molecule has 0 amide bonds. The van der Waals surface area contributed by atoms with Crippen LogP contribution < -0.4 is 5.32 Å². The van der Waals surface area contributed by atoms with E-state index in [1.54, 1.807) is 12.1 Å². The molecule has 1 aromatic heterocycles. The largest absolute Gasteiger partial charge is 0.379 e. The molecule has 22 heavy (non-hydrogen) atoms. The van der Waals surface area contributed by atoms with Gasteiger partial charge in [0.1, 0.15) is 11.5 Å². The topological polar surface area (TPSA) is 114 Å². The van der Waals surface area contributed by atoms with Gasteiger partial charge in [-0.1, -0.05) is 0 Å². The van der Waals surface area contributed by atoms with Crippen molar-refractivity contribution in [2.24, 2.45) is 0 Å². The first-order chi connectivity index (χ1) is 10.5. The molecule has 8 heteroatoms. The van der Waals surface area contributed by atoms with Gasteiger partial charge < -0.3 is 5.32 Å². The molecule has 2 N–H and O–H groups in total. The van der Waals surface area contributed by atoms with E-state index in [0.29, 0.717) is 24.2 Å². The summed E-state index contributed by atoms with van der Waals surface area (Å²) in [5.74, 6) is 1.29. The second kappa shape index (κ2) is 6.79. The maximum absolute atomic E-state index is 11.3. The average molecular weight is 303 g/mol. The van der Waals surface area contributed by atoms with E-state index < -0.39 is 4.92 Å². The molecule has 0 unspecified atom stereocenters. The molecule has 1 aromatic carbocycles. The summed E-state index contributed by atoms with van der Waals surface area (Å²) in [6.07, 6.45) is 1.42. The number of nitro benzene ring substituents is 1. The normalized spacial score (nSPS) is 10.5. The molecule has 0 spiro atoms. The zero-order chi connectivity index (χ0) is 16.1. The van der Waals surface area contributed by atoms with Gasteiger partial charge in [0.2, 0.25) is 0 Å². The summed E-state index contributed by atoms with van der Waals surface area (Å²) in [5.41, 5.74) is 0.635. The van der Waals surface area contributed by atoms with E-state index in [1.807, 2.05) is 6.92 Å². The summed E-state index contributed by atoms with van der Waals surface area (Å²) >= 11 is 0. The molecule has 8 nitrogen and oxygen atoms in total. The number of aryl methyl sites for hydroxylation is 2. The van der Waals surface area contributed by atoms with Crippen LogP contribution in [0.2, 0.25) is 0 Å². The number of ketones is 1. The van der Waals surface area contributed by atoms with E-state index in [4.69, 9.17) is 0 Å². The molecule has 0 aliphatic carbocycles. The van der Waals surface area contributed by atoms with Crippen molar-refractivity contribution in [3.8, 4) is 0 Å². The first-order valence-corrected chi connectivity index (χ1v) is 6.88. The number of rotatable bonds is 7. The van der Waals surface area contributed by atoms with Crippen molar-refractivity contribution in [1.29, 1.82) is 0 Å². The summed E-state index contributed by atoms with van der Waals surface area (Å²) in [6, 6.07) is 4.44. The summed E-state index contributed by atoms with van der Waals surface area (Å²) in [7, 11) is 0. The fraction of sp³-hybridized carbons (Fsp3) is 0.357. The van der Waals surface area contributed by atoms with Gasteiger partial charge >= 0.3 is 0 Å². The van der Waals surface area contributed by atoms with Crippen LogP contribution in [0.25, 0.3) is 0 Å². The lowest BCUT2D eigenvalue weighted by Crippen LogP contribution is -2.07. The highest BCUT2D eigenvalue weighted by molar-refractivity contribution is 5.95. The Kier molecular flexibility index (Phi) is 4.82. The van der Waals surface area contributed by atoms with Crippen LogP contribution in [0, 0.1) is 17.0 Å². The van der Waals surface area contributed by atoms with E-state index in [2.05, 4.69) is 20.5 Å². The van der Waals surface area contributed by atoms with Crippen LogP contribution in [-0.4, -0.2) is 32.4 Å². The minimum absolute atomic E-state index is 0.0959. The molecular formula is C14H17N5O3. The number of hydrogen-bond donors (Lipinski definition) is 2. The van der Waals surface area contributed by atoms with E-state index in [9.17, 15) is 14.9 Å². The van der Waals surface area contributed by atoms with Crippen LogP contribution in [0.1, 0.15) is 35.4 Å². The van der Waals surface area contributed by atoms with Gasteiger partial charge in [0.15, 0.2) is 11.6 Å². The third kappa shape index (κ3) is 3.87. The van der Waals surface area contributed by atoms with Gasteiger partial charge in [0, 0.05) is 24.6 Å². The number of H-pyrrole nitrogens is 1. The smallest absolute Gasteiger partial charge is 0.293 e. The molecule has 0 bridgehead atoms. The Balaban J connectivity index is 1.97. The minimum atomic E-state index is -0.493. The minimum Gasteiger partial charge on any atom is -0.379 e. The molecule has 2 rings (SSSR count). The van der Waals surface area contributed by atoms with Gasteiger partial charge in [0.05, 0.1) is 4.92 Å². The number of nitro groups is 1. The fourth-order valence-electron chi connectivity index (χ4n) is 2.02. The number of nitrogens with one attached hydrogen (secondary N) is 2. The third-order valence-electron chi connectivity index (χ3n) is 3.14. The number of aromatic nitrogens is 3. The maximum atomic E-state index is 11.3. The number of carbonyl (C=O) groups excluding carboxylic acids is 1. The van der Waals surface area contributed by atoms with Crippen LogP contribution in [0.15, 0.2) is 18.2 Å². The first-order valence-electron chi connectivity index (χ1n) is 6.88. The molecule has 0 saturated heterocycles. The zero-order valence-corrected chi connectivity index (χ0v) is 12.4. The van der Waals surface area contributed by atoms with Gasteiger partial charge in [-0.25, -0.2) is 4.98 Å². The Hall–Kier alpha value is -2.77. The standard InChI is InChI=1S/C14H17N5O3/c1-9(20)11-5-6-12(13(8-11)19(21)22)15-7-3-4-14-16-10(2)17-18-14/h5-6,8,15H,3-4,7H2,1-2H3,(H,16,17,18). The van der Waals surface area contributed by atoms with E-state index in [1.165, 1.54) is 13.0 Å². The molecule has 0 saturated carbocycles. The fourth-order valence-corrected chi connectivity index (χ4v) is 2.02. The van der Waals surface area contributed by atoms with Gasteiger partial charge in [-0.05, 0) is 32.4 Å². The van der Waals surface area contributed by atoms with Gasteiger partial charge in [-0.3, -0.25) is 20.0 Å². The lowest BCUT2D eigenvalue weighted by molar-refractivity contribution is -0.384. The van der Waals surface area contributed by atoms with Crippen molar-refractivity contribution in [1.82, 2.24) is 15.2 Å². The average Bonchev–Trinajstić information content (AvgIpc) is 2.89. The van der Waals surface area contributed by atoms with Crippen LogP contribution in [0.3, 0.4) is 0 Å². The van der Waals surface area contributed by atoms with Crippen LogP contribution >= 0.6 is 0 Å². The van der Waals surface area contributed by atoms with Crippen LogP contribution in [-0.2, 0) is 6.42 Å². The van der Waals surface area contributed by atoms with E-state index in [0.717, 1.165) is 18.1 Å². The Morgan fingerprint density at radius 3 is 2.82 bits per heavy atom. The molecule has 0 aliphatic rings. The quantitative estimate of drug-likeness (QED) is 0.351. The molecule has 116 valence electrons. The van der Waals surface area contributed by atoms with Crippen molar-refractivity contribution in [2.75, 3.05) is 11.9 Å². The predicted octanol–water partition coefficient (Wildman–Crippen LogP) is 2.27. The van der Waals surface area contributed by atoms with Gasteiger partial charge in [0.25, 0.3) is 5.69 Å². The lowest BCUT2D eigenvalue weighted by atomic mass is 10.1. The summed E-state index contributed by atoms with van der Waals surface area (Å²) in [5, 5.41) is 20.9. The number of carbonyl (C=O) groups is 1. The molecule has 0 radical (unpaired) electrons. The predicted molar refractivity (Wildman–Crippen MR) is 81.0 cm³/mol. The molecule has 0 aliphatic heterocycles. The Morgan fingerprint density at radius 1 is 1.45 bits per heavy atom. The third-order valence-corrected chi connectivity index (χ3v) is 3.14. The summed E-state index contributed by atoms with van der Waals surface area (Å²) in [6.45, 7) is 3.76. The van der Waals surface area contributed by atoms with E-state index >= 15 is 0 Å². The molecule has 0 fully saturated rings. The summed E-state index contributed by atoms with van der Waals surface area (Å²) in [4.78, 5) is 26.1. The van der Waals surface area contributed by atoms with Crippen LogP contribution in [0.4, 0.5) is 11.4 Å².